The number of nitrogens with one attached hydrogen (secondary N) is 1. The summed E-state index contributed by atoms with van der Waals surface area (Å²) in [7, 11) is 0. The molecule has 128 valence electrons. The summed E-state index contributed by atoms with van der Waals surface area (Å²) in [5.74, 6) is 0.518. The van der Waals surface area contributed by atoms with E-state index in [9.17, 15) is 4.79 Å². The van der Waals surface area contributed by atoms with E-state index in [1.54, 1.807) is 6.08 Å². The molecule has 4 nitrogen and oxygen atoms in total. The Bertz CT molecular complexity index is 950. The van der Waals surface area contributed by atoms with Gasteiger partial charge in [-0.2, -0.15) is 0 Å². The zero-order valence-electron chi connectivity index (χ0n) is 13.9. The van der Waals surface area contributed by atoms with E-state index in [-0.39, 0.29) is 5.91 Å². The van der Waals surface area contributed by atoms with Crippen molar-refractivity contribution in [3.8, 4) is 5.75 Å². The molecule has 0 aliphatic carbocycles. The molecule has 0 atom stereocenters. The first kappa shape index (κ1) is 17.6. The van der Waals surface area contributed by atoms with Crippen LogP contribution in [0.3, 0.4) is 0 Å². The number of thiazole rings is 1. The second-order valence-electron chi connectivity index (χ2n) is 5.38. The predicted molar refractivity (Wildman–Crippen MR) is 107 cm³/mol. The number of fused-ring (bicyclic) bond motifs is 1. The number of amides is 1. The van der Waals surface area contributed by atoms with Gasteiger partial charge >= 0.3 is 0 Å². The summed E-state index contributed by atoms with van der Waals surface area (Å²) in [6.07, 6.45) is 3.23. The quantitative estimate of drug-likeness (QED) is 0.565. The van der Waals surface area contributed by atoms with Crippen LogP contribution in [0.15, 0.2) is 46.9 Å². The van der Waals surface area contributed by atoms with Crippen LogP contribution >= 0.6 is 27.3 Å². The van der Waals surface area contributed by atoms with Gasteiger partial charge in [0.05, 0.1) is 16.8 Å². The highest BCUT2D eigenvalue weighted by atomic mass is 79.9. The normalized spacial score (nSPS) is 11.2. The first-order valence-corrected chi connectivity index (χ1v) is 9.45. The molecule has 6 heteroatoms. The molecule has 1 N–H and O–H groups in total. The van der Waals surface area contributed by atoms with Gasteiger partial charge < -0.3 is 4.74 Å². The van der Waals surface area contributed by atoms with E-state index in [0.717, 1.165) is 31.6 Å². The fraction of sp³-hybridized carbons (Fsp3) is 0.158. The maximum absolute atomic E-state index is 12.2. The first-order chi connectivity index (χ1) is 12.1. The Morgan fingerprint density at radius 2 is 2.20 bits per heavy atom. The van der Waals surface area contributed by atoms with Gasteiger partial charge in [0.1, 0.15) is 5.75 Å². The molecule has 0 saturated carbocycles. The van der Waals surface area contributed by atoms with Gasteiger partial charge in [-0.25, -0.2) is 4.98 Å². The lowest BCUT2D eigenvalue weighted by Gasteiger charge is -2.07. The van der Waals surface area contributed by atoms with Crippen molar-refractivity contribution in [2.24, 2.45) is 0 Å². The molecular formula is C19H17BrN2O2S. The molecule has 3 rings (SSSR count). The molecule has 0 unspecified atom stereocenters. The van der Waals surface area contributed by atoms with Gasteiger partial charge in [-0.05, 0) is 49.8 Å². The van der Waals surface area contributed by atoms with Gasteiger partial charge in [0, 0.05) is 16.1 Å². The number of rotatable bonds is 5. The molecule has 3 aromatic rings. The average Bonchev–Trinajstić information content (AvgIpc) is 2.99. The number of hydrogen-bond acceptors (Lipinski definition) is 4. The number of halogens is 1. The Labute approximate surface area is 158 Å². The molecule has 0 fully saturated rings. The molecule has 0 saturated heterocycles. The number of benzene rings is 2. The van der Waals surface area contributed by atoms with E-state index in [1.165, 1.54) is 17.4 Å². The van der Waals surface area contributed by atoms with E-state index < -0.39 is 0 Å². The number of carbonyl (C=O) groups is 1. The molecule has 0 aliphatic heterocycles. The largest absolute Gasteiger partial charge is 0.493 e. The molecule has 0 bridgehead atoms. The SMILES string of the molecule is CCOc1ccc(Br)cc1/C=C/C(=O)Nc1nc2c(C)cccc2s1. The molecule has 0 spiro atoms. The standard InChI is InChI=1S/C19H17BrN2O2S/c1-3-24-15-9-8-14(20)11-13(15)7-10-17(23)21-19-22-18-12(2)5-4-6-16(18)25-19/h4-11H,3H2,1-2H3,(H,21,22,23)/b10-7+. The van der Waals surface area contributed by atoms with E-state index in [4.69, 9.17) is 4.74 Å². The van der Waals surface area contributed by atoms with Crippen LogP contribution in [0, 0.1) is 6.92 Å². The van der Waals surface area contributed by atoms with Crippen molar-refractivity contribution in [3.63, 3.8) is 0 Å². The van der Waals surface area contributed by atoms with Gasteiger partial charge in [0.2, 0.25) is 5.91 Å². The van der Waals surface area contributed by atoms with Gasteiger partial charge in [-0.3, -0.25) is 10.1 Å². The van der Waals surface area contributed by atoms with E-state index >= 15 is 0 Å². The van der Waals surface area contributed by atoms with Gasteiger partial charge in [-0.15, -0.1) is 0 Å². The summed E-state index contributed by atoms with van der Waals surface area (Å²) in [6, 6.07) is 11.7. The highest BCUT2D eigenvalue weighted by Gasteiger charge is 2.08. The lowest BCUT2D eigenvalue weighted by Crippen LogP contribution is -2.07. The molecule has 1 amide bonds. The van der Waals surface area contributed by atoms with Crippen molar-refractivity contribution in [2.45, 2.75) is 13.8 Å². The number of nitrogens with zero attached hydrogens (tertiary/aromatic N) is 1. The summed E-state index contributed by atoms with van der Waals surface area (Å²) < 4.78 is 7.57. The minimum Gasteiger partial charge on any atom is -0.493 e. The number of carbonyl (C=O) groups excluding carboxylic acids is 1. The topological polar surface area (TPSA) is 51.2 Å². The third kappa shape index (κ3) is 4.27. The average molecular weight is 417 g/mol. The number of para-hydroxylation sites is 1. The van der Waals surface area contributed by atoms with E-state index in [2.05, 4.69) is 26.2 Å². The predicted octanol–water partition coefficient (Wildman–Crippen LogP) is 5.42. The molecule has 0 radical (unpaired) electrons. The third-order valence-corrected chi connectivity index (χ3v) is 4.97. The Morgan fingerprint density at radius 1 is 1.36 bits per heavy atom. The zero-order chi connectivity index (χ0) is 17.8. The summed E-state index contributed by atoms with van der Waals surface area (Å²) in [6.45, 7) is 4.51. The van der Waals surface area contributed by atoms with Crippen molar-refractivity contribution in [3.05, 3.63) is 58.1 Å². The maximum Gasteiger partial charge on any atom is 0.250 e. The fourth-order valence-electron chi connectivity index (χ4n) is 2.39. The van der Waals surface area contributed by atoms with Crippen LogP contribution in [-0.4, -0.2) is 17.5 Å². The summed E-state index contributed by atoms with van der Waals surface area (Å²) >= 11 is 4.90. The summed E-state index contributed by atoms with van der Waals surface area (Å²) in [4.78, 5) is 16.7. The Hall–Kier alpha value is -2.18. The highest BCUT2D eigenvalue weighted by Crippen LogP contribution is 2.28. The lowest BCUT2D eigenvalue weighted by atomic mass is 10.2. The summed E-state index contributed by atoms with van der Waals surface area (Å²) in [5.41, 5.74) is 2.87. The summed E-state index contributed by atoms with van der Waals surface area (Å²) in [5, 5.41) is 3.42. The van der Waals surface area contributed by atoms with Crippen molar-refractivity contribution >= 4 is 54.6 Å². The Balaban J connectivity index is 1.76. The molecule has 1 aromatic heterocycles. The van der Waals surface area contributed by atoms with Crippen LogP contribution < -0.4 is 10.1 Å². The van der Waals surface area contributed by atoms with Crippen LogP contribution in [0.4, 0.5) is 5.13 Å². The van der Waals surface area contributed by atoms with Crippen molar-refractivity contribution in [1.29, 1.82) is 0 Å². The van der Waals surface area contributed by atoms with E-state index in [1.807, 2.05) is 50.2 Å². The van der Waals surface area contributed by atoms with Crippen LogP contribution in [0.25, 0.3) is 16.3 Å². The smallest absolute Gasteiger partial charge is 0.250 e. The lowest BCUT2D eigenvalue weighted by molar-refractivity contribution is -0.111. The molecule has 25 heavy (non-hydrogen) atoms. The third-order valence-electron chi connectivity index (χ3n) is 3.54. The van der Waals surface area contributed by atoms with Gasteiger partial charge in [-0.1, -0.05) is 39.4 Å². The second kappa shape index (κ2) is 7.80. The van der Waals surface area contributed by atoms with E-state index in [0.29, 0.717) is 11.7 Å². The number of anilines is 1. The number of aryl methyl sites for hydroxylation is 1. The molecule has 2 aromatic carbocycles. The minimum atomic E-state index is -0.223. The molecule has 0 aliphatic rings. The van der Waals surface area contributed by atoms with Crippen LogP contribution in [0.5, 0.6) is 5.75 Å². The number of ether oxygens (including phenoxy) is 1. The Morgan fingerprint density at radius 3 is 2.96 bits per heavy atom. The number of hydrogen-bond donors (Lipinski definition) is 1. The van der Waals surface area contributed by atoms with Crippen molar-refractivity contribution < 1.29 is 9.53 Å². The second-order valence-corrected chi connectivity index (χ2v) is 7.32. The van der Waals surface area contributed by atoms with Crippen molar-refractivity contribution in [1.82, 2.24) is 4.98 Å². The first-order valence-electron chi connectivity index (χ1n) is 7.84. The molecule has 1 heterocycles. The minimum absolute atomic E-state index is 0.223. The van der Waals surface area contributed by atoms with Gasteiger partial charge in [0.25, 0.3) is 0 Å². The van der Waals surface area contributed by atoms with Crippen molar-refractivity contribution in [2.75, 3.05) is 11.9 Å². The van der Waals surface area contributed by atoms with Crippen LogP contribution in [0.2, 0.25) is 0 Å². The zero-order valence-corrected chi connectivity index (χ0v) is 16.3. The van der Waals surface area contributed by atoms with Gasteiger partial charge in [0.15, 0.2) is 5.13 Å². The maximum atomic E-state index is 12.2. The molecular weight excluding hydrogens is 400 g/mol. The number of aromatic nitrogens is 1. The monoisotopic (exact) mass is 416 g/mol. The van der Waals surface area contributed by atoms with Crippen LogP contribution in [0.1, 0.15) is 18.1 Å². The Kier molecular flexibility index (Phi) is 5.50. The van der Waals surface area contributed by atoms with Crippen LogP contribution in [-0.2, 0) is 4.79 Å². The fourth-order valence-corrected chi connectivity index (χ4v) is 3.71. The highest BCUT2D eigenvalue weighted by molar-refractivity contribution is 9.10.